The average Bonchev–Trinajstić information content (AvgIpc) is 3.25. The van der Waals surface area contributed by atoms with Gasteiger partial charge in [0.05, 0.1) is 22.4 Å². The van der Waals surface area contributed by atoms with E-state index in [0.29, 0.717) is 0 Å². The van der Waals surface area contributed by atoms with E-state index in [2.05, 4.69) is 5.32 Å². The summed E-state index contributed by atoms with van der Waals surface area (Å²) < 4.78 is 53.7. The van der Waals surface area contributed by atoms with Crippen molar-refractivity contribution in [3.63, 3.8) is 0 Å². The molecule has 2 aliphatic rings. The molecule has 2 aromatic carbocycles. The molecular formula is C30H38B2F2N2O8. The van der Waals surface area contributed by atoms with Gasteiger partial charge in [0.25, 0.3) is 11.8 Å². The molecule has 2 saturated heterocycles. The molecule has 0 radical (unpaired) electrons. The van der Waals surface area contributed by atoms with Crippen molar-refractivity contribution in [3.8, 4) is 0 Å². The van der Waals surface area contributed by atoms with Gasteiger partial charge in [0.1, 0.15) is 18.2 Å². The summed E-state index contributed by atoms with van der Waals surface area (Å²) in [6.45, 7) is 13.7. The second-order valence-electron chi connectivity index (χ2n) is 13.0. The molecule has 2 aliphatic heterocycles. The van der Waals surface area contributed by atoms with E-state index in [0.717, 1.165) is 17.0 Å². The van der Waals surface area contributed by atoms with Crippen LogP contribution in [-0.2, 0) is 23.4 Å². The van der Waals surface area contributed by atoms with Gasteiger partial charge in [0, 0.05) is 35.1 Å². The zero-order valence-electron chi connectivity index (χ0n) is 26.2. The number of carbonyl (C=O) groups excluding carboxylic acids is 2. The van der Waals surface area contributed by atoms with E-state index in [-0.39, 0.29) is 35.1 Å². The Bertz CT molecular complexity index is 1430. The summed E-state index contributed by atoms with van der Waals surface area (Å²) in [5, 5.41) is 11.9. The predicted octanol–water partition coefficient (Wildman–Crippen LogP) is 2.52. The SMILES string of the molecule is CC1(C)OB(c2ccc(C(=O)NCCN(CC(=O)O)C(=O)c3ccc(B4OC(C)(C)C(C)(C)O4)c(F)c3)cc2F)OC1(C)C. The van der Waals surface area contributed by atoms with Crippen molar-refractivity contribution in [2.45, 2.75) is 77.8 Å². The third kappa shape index (κ3) is 6.68. The fourth-order valence-electron chi connectivity index (χ4n) is 4.66. The van der Waals surface area contributed by atoms with Crippen molar-refractivity contribution in [1.29, 1.82) is 0 Å². The van der Waals surface area contributed by atoms with Crippen molar-refractivity contribution in [2.75, 3.05) is 19.6 Å². The van der Waals surface area contributed by atoms with Crippen LogP contribution in [0.4, 0.5) is 8.78 Å². The lowest BCUT2D eigenvalue weighted by Crippen LogP contribution is -2.42. The Morgan fingerprint density at radius 1 is 0.750 bits per heavy atom. The molecule has 10 nitrogen and oxygen atoms in total. The van der Waals surface area contributed by atoms with Gasteiger partial charge < -0.3 is 33.9 Å². The maximum atomic E-state index is 15.1. The van der Waals surface area contributed by atoms with Crippen molar-refractivity contribution in [3.05, 3.63) is 59.2 Å². The van der Waals surface area contributed by atoms with Crippen LogP contribution in [0.5, 0.6) is 0 Å². The standard InChI is InChI=1S/C30H38B2F2N2O8/c1-27(2)28(3,4)42-31(41-27)20-11-9-18(15-22(20)33)25(39)35-13-14-36(17-24(37)38)26(40)19-10-12-21(23(34)16-19)32-43-29(5,6)30(7,8)44-32/h9-12,15-16H,13-14,17H2,1-8H3,(H,35,39)(H,37,38). The van der Waals surface area contributed by atoms with Crippen LogP contribution in [0, 0.1) is 11.6 Å². The van der Waals surface area contributed by atoms with Crippen LogP contribution >= 0.6 is 0 Å². The van der Waals surface area contributed by atoms with Gasteiger partial charge in [-0.25, -0.2) is 8.78 Å². The molecule has 4 rings (SSSR count). The number of amides is 2. The van der Waals surface area contributed by atoms with Crippen LogP contribution in [0.3, 0.4) is 0 Å². The molecule has 14 heteroatoms. The highest BCUT2D eigenvalue weighted by molar-refractivity contribution is 6.62. The average molecular weight is 614 g/mol. The molecule has 0 unspecified atom stereocenters. The van der Waals surface area contributed by atoms with E-state index in [4.69, 9.17) is 18.6 Å². The zero-order valence-corrected chi connectivity index (χ0v) is 26.2. The Morgan fingerprint density at radius 2 is 1.16 bits per heavy atom. The summed E-state index contributed by atoms with van der Waals surface area (Å²) in [6, 6.07) is 7.62. The highest BCUT2D eigenvalue weighted by atomic mass is 19.1. The lowest BCUT2D eigenvalue weighted by Gasteiger charge is -2.32. The smallest absolute Gasteiger partial charge is 0.480 e. The Balaban J connectivity index is 1.40. The zero-order chi connectivity index (χ0) is 32.8. The number of hydrogen-bond donors (Lipinski definition) is 2. The minimum absolute atomic E-state index is 0.0132. The van der Waals surface area contributed by atoms with Crippen LogP contribution in [-0.4, -0.2) is 84.1 Å². The van der Waals surface area contributed by atoms with Gasteiger partial charge in [-0.05, 0) is 79.7 Å². The summed E-state index contributed by atoms with van der Waals surface area (Å²) in [5.41, 5.74) is -2.54. The summed E-state index contributed by atoms with van der Waals surface area (Å²) in [6.07, 6.45) is 0. The second-order valence-corrected chi connectivity index (χ2v) is 13.0. The number of nitrogens with zero attached hydrogens (tertiary/aromatic N) is 1. The Morgan fingerprint density at radius 3 is 1.57 bits per heavy atom. The molecule has 0 aliphatic carbocycles. The molecular weight excluding hydrogens is 576 g/mol. The van der Waals surface area contributed by atoms with Crippen LogP contribution < -0.4 is 16.2 Å². The van der Waals surface area contributed by atoms with Crippen LogP contribution in [0.25, 0.3) is 0 Å². The summed E-state index contributed by atoms with van der Waals surface area (Å²) in [5.74, 6) is -4.11. The molecule has 2 aromatic rings. The molecule has 2 heterocycles. The van der Waals surface area contributed by atoms with Crippen LogP contribution in [0.15, 0.2) is 36.4 Å². The van der Waals surface area contributed by atoms with Gasteiger partial charge in [0.2, 0.25) is 0 Å². The number of carboxylic acids is 1. The van der Waals surface area contributed by atoms with Crippen molar-refractivity contribution in [1.82, 2.24) is 10.2 Å². The van der Waals surface area contributed by atoms with Crippen molar-refractivity contribution >= 4 is 42.9 Å². The first-order valence-electron chi connectivity index (χ1n) is 14.3. The highest BCUT2D eigenvalue weighted by Crippen LogP contribution is 2.37. The number of aliphatic carboxylic acids is 1. The van der Waals surface area contributed by atoms with E-state index < -0.39 is 72.6 Å². The predicted molar refractivity (Wildman–Crippen MR) is 160 cm³/mol. The first kappa shape index (κ1) is 33.6. The minimum Gasteiger partial charge on any atom is -0.480 e. The van der Waals surface area contributed by atoms with Crippen LogP contribution in [0.2, 0.25) is 0 Å². The Hall–Kier alpha value is -3.32. The number of carboxylic acid groups (broad SMARTS) is 1. The fraction of sp³-hybridized carbons (Fsp3) is 0.500. The lowest BCUT2D eigenvalue weighted by molar-refractivity contribution is -0.137. The molecule has 44 heavy (non-hydrogen) atoms. The summed E-state index contributed by atoms with van der Waals surface area (Å²) in [4.78, 5) is 38.4. The number of carbonyl (C=O) groups is 3. The number of rotatable bonds is 9. The molecule has 236 valence electrons. The maximum absolute atomic E-state index is 15.1. The highest BCUT2D eigenvalue weighted by Gasteiger charge is 2.53. The first-order chi connectivity index (χ1) is 20.2. The molecule has 0 atom stereocenters. The fourth-order valence-corrected chi connectivity index (χ4v) is 4.66. The number of halogens is 2. The number of benzene rings is 2. The topological polar surface area (TPSA) is 124 Å². The largest absolute Gasteiger partial charge is 0.497 e. The molecule has 2 amide bonds. The monoisotopic (exact) mass is 614 g/mol. The second kappa shape index (κ2) is 11.9. The van der Waals surface area contributed by atoms with Crippen LogP contribution in [0.1, 0.15) is 76.1 Å². The van der Waals surface area contributed by atoms with Crippen molar-refractivity contribution < 1.29 is 46.9 Å². The number of nitrogens with one attached hydrogen (secondary N) is 1. The first-order valence-corrected chi connectivity index (χ1v) is 14.3. The van der Waals surface area contributed by atoms with E-state index in [1.165, 1.54) is 24.3 Å². The number of hydrogen-bond acceptors (Lipinski definition) is 7. The molecule has 0 saturated carbocycles. The lowest BCUT2D eigenvalue weighted by atomic mass is 9.78. The summed E-state index contributed by atoms with van der Waals surface area (Å²) in [7, 11) is -1.92. The molecule has 0 spiro atoms. The maximum Gasteiger partial charge on any atom is 0.497 e. The van der Waals surface area contributed by atoms with E-state index in [1.807, 2.05) is 55.4 Å². The molecule has 2 N–H and O–H groups in total. The third-order valence-corrected chi connectivity index (χ3v) is 8.81. The van der Waals surface area contributed by atoms with Gasteiger partial charge in [-0.1, -0.05) is 12.1 Å². The van der Waals surface area contributed by atoms with Gasteiger partial charge in [-0.3, -0.25) is 14.4 Å². The normalized spacial score (nSPS) is 19.6. The molecule has 2 fully saturated rings. The third-order valence-electron chi connectivity index (χ3n) is 8.81. The quantitative estimate of drug-likeness (QED) is 0.414. The summed E-state index contributed by atoms with van der Waals surface area (Å²) >= 11 is 0. The van der Waals surface area contributed by atoms with Gasteiger partial charge in [0.15, 0.2) is 0 Å². The van der Waals surface area contributed by atoms with E-state index in [9.17, 15) is 23.9 Å². The molecule has 0 aromatic heterocycles. The van der Waals surface area contributed by atoms with E-state index in [1.54, 1.807) is 0 Å². The Kier molecular flexibility index (Phi) is 9.07. The van der Waals surface area contributed by atoms with Crippen molar-refractivity contribution in [2.24, 2.45) is 0 Å². The van der Waals surface area contributed by atoms with Gasteiger partial charge in [-0.2, -0.15) is 0 Å². The van der Waals surface area contributed by atoms with E-state index >= 15 is 4.39 Å². The van der Waals surface area contributed by atoms with Gasteiger partial charge in [-0.15, -0.1) is 0 Å². The molecule has 0 bridgehead atoms. The Labute approximate surface area is 256 Å². The minimum atomic E-state index is -1.29. The van der Waals surface area contributed by atoms with Gasteiger partial charge >= 0.3 is 20.2 Å².